The first-order chi connectivity index (χ1) is 13.7. The van der Waals surface area contributed by atoms with E-state index in [1.165, 1.54) is 35.1 Å². The molecular formula is C27H28O2. The molecule has 29 heavy (non-hydrogen) atoms. The van der Waals surface area contributed by atoms with Crippen LogP contribution in [0.25, 0.3) is 22.3 Å². The normalized spacial score (nSPS) is 16.8. The van der Waals surface area contributed by atoms with Crippen molar-refractivity contribution in [2.24, 2.45) is 0 Å². The summed E-state index contributed by atoms with van der Waals surface area (Å²) in [4.78, 5) is 11.1. The van der Waals surface area contributed by atoms with E-state index < -0.39 is 5.97 Å². The summed E-state index contributed by atoms with van der Waals surface area (Å²) in [7, 11) is 0. The predicted molar refractivity (Wildman–Crippen MR) is 120 cm³/mol. The number of aromatic carboxylic acids is 1. The molecule has 0 radical (unpaired) electrons. The average molecular weight is 385 g/mol. The van der Waals surface area contributed by atoms with Gasteiger partial charge in [-0.05, 0) is 75.3 Å². The van der Waals surface area contributed by atoms with Crippen LogP contribution in [-0.4, -0.2) is 11.1 Å². The monoisotopic (exact) mass is 384 g/mol. The maximum absolute atomic E-state index is 11.1. The molecule has 2 nitrogen and oxygen atoms in total. The highest BCUT2D eigenvalue weighted by atomic mass is 16.4. The molecule has 0 amide bonds. The van der Waals surface area contributed by atoms with E-state index in [9.17, 15) is 4.79 Å². The van der Waals surface area contributed by atoms with Gasteiger partial charge in [0.25, 0.3) is 0 Å². The summed E-state index contributed by atoms with van der Waals surface area (Å²) < 4.78 is 0. The maximum atomic E-state index is 11.1. The smallest absolute Gasteiger partial charge is 0.335 e. The quantitative estimate of drug-likeness (QED) is 0.524. The molecule has 0 atom stereocenters. The van der Waals surface area contributed by atoms with Gasteiger partial charge in [0, 0.05) is 0 Å². The van der Waals surface area contributed by atoms with Gasteiger partial charge >= 0.3 is 5.97 Å². The van der Waals surface area contributed by atoms with Crippen LogP contribution in [0, 0.1) is 0 Å². The number of hydrogen-bond acceptors (Lipinski definition) is 1. The molecule has 0 unspecified atom stereocenters. The zero-order valence-electron chi connectivity index (χ0n) is 17.6. The molecule has 3 aromatic rings. The number of carboxylic acid groups (broad SMARTS) is 1. The van der Waals surface area contributed by atoms with Crippen LogP contribution >= 0.6 is 0 Å². The lowest BCUT2D eigenvalue weighted by Gasteiger charge is -2.42. The van der Waals surface area contributed by atoms with Crippen molar-refractivity contribution in [1.29, 1.82) is 0 Å². The predicted octanol–water partition coefficient (Wildman–Crippen LogP) is 7.07. The molecule has 0 aromatic heterocycles. The molecule has 0 heterocycles. The van der Waals surface area contributed by atoms with E-state index in [2.05, 4.69) is 70.2 Å². The number of fused-ring (bicyclic) bond motifs is 1. The minimum Gasteiger partial charge on any atom is -0.478 e. The Labute approximate surface area is 173 Å². The molecule has 3 aromatic carbocycles. The number of hydrogen-bond donors (Lipinski definition) is 1. The van der Waals surface area contributed by atoms with Gasteiger partial charge in [-0.1, -0.05) is 76.2 Å². The van der Waals surface area contributed by atoms with Crippen molar-refractivity contribution in [3.63, 3.8) is 0 Å². The highest BCUT2D eigenvalue weighted by Gasteiger charge is 2.36. The highest BCUT2D eigenvalue weighted by molar-refractivity contribution is 5.88. The first-order valence-corrected chi connectivity index (χ1v) is 10.3. The summed E-state index contributed by atoms with van der Waals surface area (Å²) in [6, 6.07) is 22.5. The second-order valence-electron chi connectivity index (χ2n) is 9.49. The summed E-state index contributed by atoms with van der Waals surface area (Å²) in [5.74, 6) is -0.898. The highest BCUT2D eigenvalue weighted by Crippen LogP contribution is 2.46. The fourth-order valence-electron chi connectivity index (χ4n) is 4.45. The molecular weight excluding hydrogens is 356 g/mol. The molecule has 2 heteroatoms. The van der Waals surface area contributed by atoms with E-state index >= 15 is 0 Å². The molecule has 0 fully saturated rings. The molecule has 1 aliphatic carbocycles. The van der Waals surface area contributed by atoms with Gasteiger partial charge in [0.15, 0.2) is 0 Å². The van der Waals surface area contributed by atoms with Gasteiger partial charge in [0.05, 0.1) is 5.56 Å². The van der Waals surface area contributed by atoms with E-state index in [-0.39, 0.29) is 10.8 Å². The fourth-order valence-corrected chi connectivity index (χ4v) is 4.45. The Bertz CT molecular complexity index is 1070. The standard InChI is InChI=1S/C27H28O2/c1-26(2)14-15-27(3,4)24-17-22(12-13-23(24)26)21-7-5-6-20(16-21)18-8-10-19(11-9-18)25(28)29/h5-13,16-17H,14-15H2,1-4H3,(H,28,29). The lowest BCUT2D eigenvalue weighted by molar-refractivity contribution is 0.0697. The summed E-state index contributed by atoms with van der Waals surface area (Å²) in [5, 5.41) is 9.12. The van der Waals surface area contributed by atoms with Crippen LogP contribution in [0.4, 0.5) is 0 Å². The first kappa shape index (κ1) is 19.4. The topological polar surface area (TPSA) is 37.3 Å². The lowest BCUT2D eigenvalue weighted by Crippen LogP contribution is -2.33. The van der Waals surface area contributed by atoms with Crippen LogP contribution in [0.5, 0.6) is 0 Å². The zero-order valence-corrected chi connectivity index (χ0v) is 17.6. The van der Waals surface area contributed by atoms with Crippen LogP contribution in [0.2, 0.25) is 0 Å². The number of benzene rings is 3. The number of carbonyl (C=O) groups is 1. The Morgan fingerprint density at radius 1 is 0.690 bits per heavy atom. The first-order valence-electron chi connectivity index (χ1n) is 10.3. The minimum atomic E-state index is -0.898. The molecule has 148 valence electrons. The Hall–Kier alpha value is -2.87. The molecule has 4 rings (SSSR count). The Morgan fingerprint density at radius 3 is 1.83 bits per heavy atom. The van der Waals surface area contributed by atoms with Gasteiger partial charge in [-0.15, -0.1) is 0 Å². The Kier molecular flexibility index (Phi) is 4.61. The second-order valence-corrected chi connectivity index (χ2v) is 9.49. The second kappa shape index (κ2) is 6.88. The third-order valence-electron chi connectivity index (χ3n) is 6.51. The number of carboxylic acids is 1. The lowest BCUT2D eigenvalue weighted by atomic mass is 9.63. The molecule has 0 saturated heterocycles. The van der Waals surface area contributed by atoms with Crippen molar-refractivity contribution in [3.05, 3.63) is 83.4 Å². The largest absolute Gasteiger partial charge is 0.478 e. The third-order valence-corrected chi connectivity index (χ3v) is 6.51. The summed E-state index contributed by atoms with van der Waals surface area (Å²) >= 11 is 0. The molecule has 1 N–H and O–H groups in total. The summed E-state index contributed by atoms with van der Waals surface area (Å²) in [5.41, 5.74) is 8.19. The van der Waals surface area contributed by atoms with Gasteiger partial charge in [-0.2, -0.15) is 0 Å². The van der Waals surface area contributed by atoms with Gasteiger partial charge in [0.2, 0.25) is 0 Å². The van der Waals surface area contributed by atoms with Crippen molar-refractivity contribution >= 4 is 5.97 Å². The maximum Gasteiger partial charge on any atom is 0.335 e. The van der Waals surface area contributed by atoms with Crippen molar-refractivity contribution < 1.29 is 9.90 Å². The molecule has 0 spiro atoms. The van der Waals surface area contributed by atoms with Crippen LogP contribution in [0.1, 0.15) is 62.0 Å². The molecule has 0 saturated carbocycles. The number of rotatable bonds is 3. The molecule has 1 aliphatic rings. The van der Waals surface area contributed by atoms with Crippen molar-refractivity contribution in [3.8, 4) is 22.3 Å². The van der Waals surface area contributed by atoms with E-state index in [1.54, 1.807) is 12.1 Å². The van der Waals surface area contributed by atoms with Crippen LogP contribution in [-0.2, 0) is 10.8 Å². The van der Waals surface area contributed by atoms with Gasteiger partial charge < -0.3 is 5.11 Å². The minimum absolute atomic E-state index is 0.186. The van der Waals surface area contributed by atoms with Crippen molar-refractivity contribution in [2.45, 2.75) is 51.4 Å². The van der Waals surface area contributed by atoms with E-state index in [0.29, 0.717) is 5.56 Å². The summed E-state index contributed by atoms with van der Waals surface area (Å²) in [6.07, 6.45) is 2.42. The van der Waals surface area contributed by atoms with Gasteiger partial charge in [-0.25, -0.2) is 4.79 Å². The van der Waals surface area contributed by atoms with Crippen LogP contribution < -0.4 is 0 Å². The third kappa shape index (κ3) is 3.60. The Balaban J connectivity index is 1.75. The van der Waals surface area contributed by atoms with E-state index in [0.717, 1.165) is 11.1 Å². The van der Waals surface area contributed by atoms with Crippen LogP contribution in [0.15, 0.2) is 66.7 Å². The van der Waals surface area contributed by atoms with Crippen molar-refractivity contribution in [1.82, 2.24) is 0 Å². The Morgan fingerprint density at radius 2 is 1.21 bits per heavy atom. The average Bonchev–Trinajstić information content (AvgIpc) is 2.71. The van der Waals surface area contributed by atoms with Crippen LogP contribution in [0.3, 0.4) is 0 Å². The van der Waals surface area contributed by atoms with E-state index in [4.69, 9.17) is 5.11 Å². The summed E-state index contributed by atoms with van der Waals surface area (Å²) in [6.45, 7) is 9.40. The SMILES string of the molecule is CC1(C)CCC(C)(C)c2cc(-c3cccc(-c4ccc(C(=O)O)cc4)c3)ccc21. The zero-order chi connectivity index (χ0) is 20.8. The van der Waals surface area contributed by atoms with Crippen molar-refractivity contribution in [2.75, 3.05) is 0 Å². The molecule has 0 bridgehead atoms. The van der Waals surface area contributed by atoms with Gasteiger partial charge in [-0.3, -0.25) is 0 Å². The van der Waals surface area contributed by atoms with E-state index in [1.807, 2.05) is 12.1 Å². The fraction of sp³-hybridized carbons (Fsp3) is 0.296. The molecule has 0 aliphatic heterocycles. The van der Waals surface area contributed by atoms with Gasteiger partial charge in [0.1, 0.15) is 0 Å².